The number of nitrogens with zero attached hydrogens (tertiary/aromatic N) is 1. The van der Waals surface area contributed by atoms with Crippen LogP contribution in [0.3, 0.4) is 0 Å². The minimum Gasteiger partial charge on any atom is -0.440 e. The molecule has 1 heterocycles. The zero-order chi connectivity index (χ0) is 13.1. The lowest BCUT2D eigenvalue weighted by Gasteiger charge is -2.16. The van der Waals surface area contributed by atoms with Crippen LogP contribution in [0, 0.1) is 5.92 Å². The van der Waals surface area contributed by atoms with Crippen LogP contribution in [0.25, 0.3) is 0 Å². The quantitative estimate of drug-likeness (QED) is 0.730. The summed E-state index contributed by atoms with van der Waals surface area (Å²) in [5.74, 6) is 0.440. The van der Waals surface area contributed by atoms with Gasteiger partial charge in [-0.15, -0.1) is 0 Å². The SMILES string of the molecule is CC(C)CCN(C)S(=O)(=O)c1ccc(C=O)o1. The largest absolute Gasteiger partial charge is 0.440 e. The monoisotopic (exact) mass is 259 g/mol. The van der Waals surface area contributed by atoms with Crippen LogP contribution >= 0.6 is 0 Å². The Labute approximate surface area is 101 Å². The molecule has 96 valence electrons. The van der Waals surface area contributed by atoms with E-state index in [1.165, 1.54) is 23.5 Å². The summed E-state index contributed by atoms with van der Waals surface area (Å²) < 4.78 is 30.1. The molecule has 0 fully saturated rings. The Morgan fingerprint density at radius 1 is 1.41 bits per heavy atom. The Morgan fingerprint density at radius 3 is 2.53 bits per heavy atom. The molecule has 0 aromatic carbocycles. The summed E-state index contributed by atoms with van der Waals surface area (Å²) in [5.41, 5.74) is 0. The number of rotatable bonds is 6. The van der Waals surface area contributed by atoms with Gasteiger partial charge in [-0.3, -0.25) is 4.79 Å². The molecule has 0 saturated heterocycles. The summed E-state index contributed by atoms with van der Waals surface area (Å²) in [6.45, 7) is 4.48. The molecule has 0 aliphatic rings. The van der Waals surface area contributed by atoms with E-state index in [0.29, 0.717) is 18.7 Å². The zero-order valence-corrected chi connectivity index (χ0v) is 11.0. The van der Waals surface area contributed by atoms with E-state index >= 15 is 0 Å². The predicted octanol–water partition coefficient (Wildman–Crippen LogP) is 1.76. The van der Waals surface area contributed by atoms with Gasteiger partial charge in [0.1, 0.15) is 0 Å². The smallest absolute Gasteiger partial charge is 0.276 e. The normalized spacial score (nSPS) is 12.3. The molecule has 1 aromatic heterocycles. The molecule has 0 unspecified atom stereocenters. The van der Waals surface area contributed by atoms with Crippen molar-refractivity contribution in [2.24, 2.45) is 5.92 Å². The number of sulfonamides is 1. The number of hydrogen-bond donors (Lipinski definition) is 0. The summed E-state index contributed by atoms with van der Waals surface area (Å²) in [6.07, 6.45) is 1.25. The van der Waals surface area contributed by atoms with E-state index in [1.54, 1.807) is 0 Å². The van der Waals surface area contributed by atoms with Crippen LogP contribution in [0.1, 0.15) is 30.8 Å². The van der Waals surface area contributed by atoms with E-state index in [1.807, 2.05) is 13.8 Å². The summed E-state index contributed by atoms with van der Waals surface area (Å²) >= 11 is 0. The number of aldehydes is 1. The fourth-order valence-corrected chi connectivity index (χ4v) is 2.34. The van der Waals surface area contributed by atoms with Gasteiger partial charge in [0.05, 0.1) is 0 Å². The van der Waals surface area contributed by atoms with Gasteiger partial charge in [-0.1, -0.05) is 13.8 Å². The molecule has 5 nitrogen and oxygen atoms in total. The molecule has 0 radical (unpaired) electrons. The fourth-order valence-electron chi connectivity index (χ4n) is 1.25. The van der Waals surface area contributed by atoms with Crippen molar-refractivity contribution in [3.05, 3.63) is 17.9 Å². The fraction of sp³-hybridized carbons (Fsp3) is 0.545. The van der Waals surface area contributed by atoms with E-state index in [4.69, 9.17) is 4.42 Å². The van der Waals surface area contributed by atoms with Crippen LogP contribution in [0.2, 0.25) is 0 Å². The number of carbonyl (C=O) groups is 1. The number of carbonyl (C=O) groups excluding carboxylic acids is 1. The molecule has 6 heteroatoms. The molecule has 0 aliphatic carbocycles. The van der Waals surface area contributed by atoms with Gasteiger partial charge >= 0.3 is 0 Å². The van der Waals surface area contributed by atoms with E-state index < -0.39 is 10.0 Å². The van der Waals surface area contributed by atoms with Crippen LogP contribution in [0.4, 0.5) is 0 Å². The second kappa shape index (κ2) is 5.46. The maximum atomic E-state index is 12.0. The molecule has 1 rings (SSSR count). The summed E-state index contributed by atoms with van der Waals surface area (Å²) in [7, 11) is -2.12. The standard InChI is InChI=1S/C11H17NO4S/c1-9(2)6-7-12(3)17(14,15)11-5-4-10(8-13)16-11/h4-5,8-9H,6-7H2,1-3H3. The van der Waals surface area contributed by atoms with Gasteiger partial charge in [0.15, 0.2) is 12.0 Å². The third kappa shape index (κ3) is 3.41. The van der Waals surface area contributed by atoms with E-state index in [2.05, 4.69) is 0 Å². The van der Waals surface area contributed by atoms with Gasteiger partial charge in [-0.25, -0.2) is 8.42 Å². The maximum absolute atomic E-state index is 12.0. The highest BCUT2D eigenvalue weighted by Gasteiger charge is 2.24. The van der Waals surface area contributed by atoms with Gasteiger partial charge in [0.25, 0.3) is 10.0 Å². The van der Waals surface area contributed by atoms with Crippen molar-refractivity contribution in [1.82, 2.24) is 4.31 Å². The lowest BCUT2D eigenvalue weighted by atomic mass is 10.1. The second-order valence-electron chi connectivity index (χ2n) is 4.28. The van der Waals surface area contributed by atoms with Crippen molar-refractivity contribution in [2.45, 2.75) is 25.4 Å². The van der Waals surface area contributed by atoms with Crippen molar-refractivity contribution in [3.63, 3.8) is 0 Å². The lowest BCUT2D eigenvalue weighted by molar-refractivity contribution is 0.109. The Balaban J connectivity index is 2.83. The van der Waals surface area contributed by atoms with Gasteiger partial charge in [0.2, 0.25) is 5.09 Å². The first kappa shape index (κ1) is 13.9. The Kier molecular flexibility index (Phi) is 4.47. The third-order valence-electron chi connectivity index (χ3n) is 2.40. The molecule has 1 aromatic rings. The van der Waals surface area contributed by atoms with Gasteiger partial charge in [-0.2, -0.15) is 4.31 Å². The van der Waals surface area contributed by atoms with Crippen LogP contribution in [0.5, 0.6) is 0 Å². The summed E-state index contributed by atoms with van der Waals surface area (Å²) in [5, 5.41) is -0.189. The molecule has 0 aliphatic heterocycles. The first-order valence-corrected chi connectivity index (χ1v) is 6.83. The molecule has 0 atom stereocenters. The molecular formula is C11H17NO4S. The first-order valence-electron chi connectivity index (χ1n) is 5.39. The lowest BCUT2D eigenvalue weighted by Crippen LogP contribution is -2.28. The summed E-state index contributed by atoms with van der Waals surface area (Å²) in [4.78, 5) is 10.4. The highest BCUT2D eigenvalue weighted by molar-refractivity contribution is 7.89. The van der Waals surface area contributed by atoms with E-state index in [9.17, 15) is 13.2 Å². The van der Waals surface area contributed by atoms with Crippen molar-refractivity contribution < 1.29 is 17.6 Å². The molecule has 0 N–H and O–H groups in total. The van der Waals surface area contributed by atoms with Crippen LogP contribution in [0.15, 0.2) is 21.6 Å². The van der Waals surface area contributed by atoms with Crippen LogP contribution in [-0.2, 0) is 10.0 Å². The van der Waals surface area contributed by atoms with Crippen LogP contribution < -0.4 is 0 Å². The number of hydrogen-bond acceptors (Lipinski definition) is 4. The molecule has 0 bridgehead atoms. The minimum atomic E-state index is -3.62. The van der Waals surface area contributed by atoms with Crippen molar-refractivity contribution in [1.29, 1.82) is 0 Å². The Bertz CT molecular complexity index is 475. The van der Waals surface area contributed by atoms with Crippen LogP contribution in [-0.4, -0.2) is 32.6 Å². The van der Waals surface area contributed by atoms with Gasteiger partial charge < -0.3 is 4.42 Å². The molecule has 0 saturated carbocycles. The number of furan rings is 1. The van der Waals surface area contributed by atoms with Crippen molar-refractivity contribution >= 4 is 16.3 Å². The van der Waals surface area contributed by atoms with E-state index in [0.717, 1.165) is 6.42 Å². The van der Waals surface area contributed by atoms with Crippen molar-refractivity contribution in [3.8, 4) is 0 Å². The van der Waals surface area contributed by atoms with Gasteiger partial charge in [0, 0.05) is 13.6 Å². The summed E-state index contributed by atoms with van der Waals surface area (Å²) in [6, 6.07) is 2.64. The van der Waals surface area contributed by atoms with E-state index in [-0.39, 0.29) is 10.9 Å². The molecular weight excluding hydrogens is 242 g/mol. The highest BCUT2D eigenvalue weighted by atomic mass is 32.2. The Morgan fingerprint density at radius 2 is 2.06 bits per heavy atom. The topological polar surface area (TPSA) is 67.6 Å². The highest BCUT2D eigenvalue weighted by Crippen LogP contribution is 2.17. The maximum Gasteiger partial charge on any atom is 0.276 e. The minimum absolute atomic E-state index is 0.0147. The second-order valence-corrected chi connectivity index (χ2v) is 6.26. The van der Waals surface area contributed by atoms with Gasteiger partial charge in [-0.05, 0) is 24.5 Å². The Hall–Kier alpha value is -1.14. The first-order chi connectivity index (χ1) is 7.87. The molecule has 17 heavy (non-hydrogen) atoms. The third-order valence-corrected chi connectivity index (χ3v) is 4.14. The predicted molar refractivity (Wildman–Crippen MR) is 63.4 cm³/mol. The zero-order valence-electron chi connectivity index (χ0n) is 10.2. The average molecular weight is 259 g/mol. The molecule has 0 spiro atoms. The van der Waals surface area contributed by atoms with Crippen molar-refractivity contribution in [2.75, 3.05) is 13.6 Å². The molecule has 0 amide bonds. The average Bonchev–Trinajstić information content (AvgIpc) is 2.74.